The number of nitrogens with one attached hydrogen (secondary N) is 1. The fourth-order valence-corrected chi connectivity index (χ4v) is 3.90. The third kappa shape index (κ3) is 3.93. The van der Waals surface area contributed by atoms with E-state index in [-0.39, 0.29) is 17.2 Å². The monoisotopic (exact) mass is 282 g/mol. The number of rotatable bonds is 2. The first kappa shape index (κ1) is 14.3. The van der Waals surface area contributed by atoms with Crippen LogP contribution in [0.15, 0.2) is 18.3 Å². The molecule has 2 rings (SSSR count). The van der Waals surface area contributed by atoms with E-state index in [1.807, 2.05) is 18.3 Å². The van der Waals surface area contributed by atoms with Gasteiger partial charge in [0.15, 0.2) is 9.84 Å². The van der Waals surface area contributed by atoms with Gasteiger partial charge in [-0.15, -0.1) is 0 Å². The normalized spacial score (nSPS) is 23.0. The van der Waals surface area contributed by atoms with Crippen molar-refractivity contribution < 1.29 is 8.42 Å². The van der Waals surface area contributed by atoms with E-state index < -0.39 is 9.84 Å². The number of aromatic nitrogens is 1. The molecule has 5 heteroatoms. The summed E-state index contributed by atoms with van der Waals surface area (Å²) in [5, 5.41) is 3.22. The Balaban J connectivity index is 2.04. The molecular formula is C14H22N2O2S. The summed E-state index contributed by atoms with van der Waals surface area (Å²) in [6.07, 6.45) is 3.49. The Morgan fingerprint density at radius 3 is 2.58 bits per heavy atom. The van der Waals surface area contributed by atoms with E-state index in [9.17, 15) is 8.42 Å². The topological polar surface area (TPSA) is 59.1 Å². The number of sulfone groups is 1. The first-order valence-corrected chi connectivity index (χ1v) is 8.52. The highest BCUT2D eigenvalue weighted by molar-refractivity contribution is 7.91. The second kappa shape index (κ2) is 5.12. The van der Waals surface area contributed by atoms with Gasteiger partial charge >= 0.3 is 0 Å². The van der Waals surface area contributed by atoms with Crippen LogP contribution in [0.5, 0.6) is 0 Å². The van der Waals surface area contributed by atoms with Crippen molar-refractivity contribution in [1.29, 1.82) is 0 Å². The molecule has 1 fully saturated rings. The van der Waals surface area contributed by atoms with Gasteiger partial charge in [-0.05, 0) is 29.9 Å². The summed E-state index contributed by atoms with van der Waals surface area (Å²) in [6.45, 7) is 6.43. The average Bonchev–Trinajstić information content (AvgIpc) is 2.27. The number of anilines is 1. The van der Waals surface area contributed by atoms with Gasteiger partial charge in [0, 0.05) is 12.2 Å². The van der Waals surface area contributed by atoms with Crippen molar-refractivity contribution in [3.63, 3.8) is 0 Å². The molecule has 19 heavy (non-hydrogen) atoms. The molecule has 1 unspecified atom stereocenters. The Labute approximate surface area is 115 Å². The zero-order chi connectivity index (χ0) is 14.1. The maximum atomic E-state index is 11.6. The molecule has 1 atom stereocenters. The third-order valence-corrected chi connectivity index (χ3v) is 5.27. The van der Waals surface area contributed by atoms with Crippen LogP contribution in [0, 0.1) is 0 Å². The Kier molecular flexibility index (Phi) is 3.85. The zero-order valence-electron chi connectivity index (χ0n) is 11.8. The number of nitrogens with zero attached hydrogens (tertiary/aromatic N) is 1. The van der Waals surface area contributed by atoms with Gasteiger partial charge in [-0.2, -0.15) is 0 Å². The van der Waals surface area contributed by atoms with Crippen LogP contribution >= 0.6 is 0 Å². The predicted molar refractivity (Wildman–Crippen MR) is 78.2 cm³/mol. The first-order chi connectivity index (χ1) is 8.76. The van der Waals surface area contributed by atoms with Crippen LogP contribution in [0.1, 0.15) is 39.2 Å². The smallest absolute Gasteiger partial charge is 0.152 e. The van der Waals surface area contributed by atoms with Gasteiger partial charge in [-0.25, -0.2) is 13.4 Å². The Morgan fingerprint density at radius 1 is 1.32 bits per heavy atom. The van der Waals surface area contributed by atoms with Gasteiger partial charge in [-0.3, -0.25) is 0 Å². The van der Waals surface area contributed by atoms with Crippen LogP contribution in [-0.4, -0.2) is 30.9 Å². The molecule has 0 bridgehead atoms. The summed E-state index contributed by atoms with van der Waals surface area (Å²) in [5.41, 5.74) is 1.26. The quantitative estimate of drug-likeness (QED) is 0.904. The van der Waals surface area contributed by atoms with E-state index in [1.54, 1.807) is 0 Å². The summed E-state index contributed by atoms with van der Waals surface area (Å²) in [4.78, 5) is 4.38. The summed E-state index contributed by atoms with van der Waals surface area (Å²) < 4.78 is 23.2. The van der Waals surface area contributed by atoms with Crippen LogP contribution < -0.4 is 5.32 Å². The molecule has 106 valence electrons. The molecule has 1 aliphatic rings. The van der Waals surface area contributed by atoms with Gasteiger partial charge in [0.25, 0.3) is 0 Å². The minimum Gasteiger partial charge on any atom is -0.366 e. The zero-order valence-corrected chi connectivity index (χ0v) is 12.6. The maximum absolute atomic E-state index is 11.6. The van der Waals surface area contributed by atoms with Crippen LogP contribution in [0.2, 0.25) is 0 Å². The molecule has 1 aromatic heterocycles. The largest absolute Gasteiger partial charge is 0.366 e. The van der Waals surface area contributed by atoms with Crippen molar-refractivity contribution in [2.45, 2.75) is 45.1 Å². The number of pyridine rings is 1. The van der Waals surface area contributed by atoms with Crippen molar-refractivity contribution in [2.24, 2.45) is 0 Å². The van der Waals surface area contributed by atoms with E-state index in [1.165, 1.54) is 5.56 Å². The lowest BCUT2D eigenvalue weighted by atomic mass is 9.88. The summed E-state index contributed by atoms with van der Waals surface area (Å²) in [6, 6.07) is 3.97. The average molecular weight is 282 g/mol. The minimum atomic E-state index is -2.87. The summed E-state index contributed by atoms with van der Waals surface area (Å²) in [5.74, 6) is 1.30. The molecule has 4 nitrogen and oxygen atoms in total. The van der Waals surface area contributed by atoms with E-state index in [0.29, 0.717) is 5.75 Å². The minimum absolute atomic E-state index is 0.00765. The molecule has 0 spiro atoms. The van der Waals surface area contributed by atoms with Gasteiger partial charge in [0.2, 0.25) is 0 Å². The second-order valence-electron chi connectivity index (χ2n) is 6.28. The fourth-order valence-electron chi connectivity index (χ4n) is 2.27. The van der Waals surface area contributed by atoms with E-state index in [4.69, 9.17) is 0 Å². The lowest BCUT2D eigenvalue weighted by Crippen LogP contribution is -2.35. The molecule has 0 saturated carbocycles. The molecule has 1 saturated heterocycles. The van der Waals surface area contributed by atoms with Crippen molar-refractivity contribution in [3.8, 4) is 0 Å². The highest BCUT2D eigenvalue weighted by Crippen LogP contribution is 2.23. The van der Waals surface area contributed by atoms with Crippen molar-refractivity contribution >= 4 is 15.7 Å². The number of hydrogen-bond donors (Lipinski definition) is 1. The Morgan fingerprint density at radius 2 is 2.05 bits per heavy atom. The van der Waals surface area contributed by atoms with Gasteiger partial charge in [0.05, 0.1) is 11.5 Å². The third-order valence-electron chi connectivity index (χ3n) is 3.44. The summed E-state index contributed by atoms with van der Waals surface area (Å²) in [7, 11) is -2.87. The molecule has 1 aliphatic heterocycles. The molecule has 1 N–H and O–H groups in total. The molecule has 0 aliphatic carbocycles. The molecule has 2 heterocycles. The standard InChI is InChI=1S/C14H22N2O2S/c1-14(2,3)11-6-7-13(15-9-11)16-12-5-4-8-19(17,18)10-12/h6-7,9,12H,4-5,8,10H2,1-3H3,(H,15,16). The highest BCUT2D eigenvalue weighted by atomic mass is 32.2. The maximum Gasteiger partial charge on any atom is 0.152 e. The fraction of sp³-hybridized carbons (Fsp3) is 0.643. The summed E-state index contributed by atoms with van der Waals surface area (Å²) >= 11 is 0. The molecule has 0 amide bonds. The number of hydrogen-bond acceptors (Lipinski definition) is 4. The Bertz CT molecular complexity index is 530. The van der Waals surface area contributed by atoms with Crippen molar-refractivity contribution in [2.75, 3.05) is 16.8 Å². The highest BCUT2D eigenvalue weighted by Gasteiger charge is 2.24. The Hall–Kier alpha value is -1.10. The second-order valence-corrected chi connectivity index (χ2v) is 8.51. The molecule has 1 aromatic rings. The lowest BCUT2D eigenvalue weighted by Gasteiger charge is -2.24. The van der Waals surface area contributed by atoms with Crippen molar-refractivity contribution in [1.82, 2.24) is 4.98 Å². The van der Waals surface area contributed by atoms with Gasteiger partial charge < -0.3 is 5.32 Å². The molecule has 0 aromatic carbocycles. The molecule has 0 radical (unpaired) electrons. The van der Waals surface area contributed by atoms with Crippen LogP contribution in [-0.2, 0) is 15.3 Å². The lowest BCUT2D eigenvalue weighted by molar-refractivity contribution is 0.561. The van der Waals surface area contributed by atoms with Crippen LogP contribution in [0.4, 0.5) is 5.82 Å². The van der Waals surface area contributed by atoms with Crippen LogP contribution in [0.3, 0.4) is 0 Å². The van der Waals surface area contributed by atoms with E-state index in [0.717, 1.165) is 18.7 Å². The molecular weight excluding hydrogens is 260 g/mol. The van der Waals surface area contributed by atoms with Gasteiger partial charge in [-0.1, -0.05) is 26.8 Å². The van der Waals surface area contributed by atoms with E-state index in [2.05, 4.69) is 31.1 Å². The predicted octanol–water partition coefficient (Wildman–Crippen LogP) is 2.37. The first-order valence-electron chi connectivity index (χ1n) is 6.70. The van der Waals surface area contributed by atoms with Crippen LogP contribution in [0.25, 0.3) is 0 Å². The SMILES string of the molecule is CC(C)(C)c1ccc(NC2CCCS(=O)(=O)C2)nc1. The van der Waals surface area contributed by atoms with Gasteiger partial charge in [0.1, 0.15) is 5.82 Å². The van der Waals surface area contributed by atoms with Crippen molar-refractivity contribution in [3.05, 3.63) is 23.9 Å². The van der Waals surface area contributed by atoms with E-state index >= 15 is 0 Å².